The Balaban J connectivity index is 3.46. The van der Waals surface area contributed by atoms with Gasteiger partial charge in [-0.25, -0.2) is 0 Å². The van der Waals surface area contributed by atoms with Gasteiger partial charge in [0.1, 0.15) is 0 Å². The number of carbonyl (C=O) groups is 1. The number of rotatable bonds is 3. The highest BCUT2D eigenvalue weighted by molar-refractivity contribution is 6.67. The highest BCUT2D eigenvalue weighted by Gasteiger charge is 2.20. The van der Waals surface area contributed by atoms with Gasteiger partial charge >= 0.3 is 0 Å². The fraction of sp³-hybridized carbons (Fsp3) is 0.833. The molecule has 1 amide bonds. The molecule has 0 heterocycles. The van der Waals surface area contributed by atoms with Crippen LogP contribution in [-0.2, 0) is 4.79 Å². The van der Waals surface area contributed by atoms with Gasteiger partial charge in [0.05, 0.1) is 0 Å². The summed E-state index contributed by atoms with van der Waals surface area (Å²) in [6.45, 7) is 2.45. The lowest BCUT2D eigenvalue weighted by Gasteiger charge is -2.09. The summed E-state index contributed by atoms with van der Waals surface area (Å²) in [6, 6.07) is 0. The maximum absolute atomic E-state index is 10.8. The highest BCUT2D eigenvalue weighted by atomic mass is 35.6. The molecule has 66 valence electrons. The van der Waals surface area contributed by atoms with Crippen molar-refractivity contribution in [3.63, 3.8) is 0 Å². The molecule has 0 rings (SSSR count). The van der Waals surface area contributed by atoms with Crippen molar-refractivity contribution in [1.82, 2.24) is 5.32 Å². The number of hydrogen-bond acceptors (Lipinski definition) is 1. The summed E-state index contributed by atoms with van der Waals surface area (Å²) in [6.07, 6.45) is 0.508. The summed E-state index contributed by atoms with van der Waals surface area (Å²) in [5.41, 5.74) is 0. The zero-order chi connectivity index (χ0) is 8.91. The Morgan fingerprint density at radius 2 is 2.00 bits per heavy atom. The molecular weight excluding hydrogens is 208 g/mol. The average molecular weight is 219 g/mol. The molecule has 0 aliphatic heterocycles. The fourth-order valence-electron chi connectivity index (χ4n) is 0.541. The molecule has 0 spiro atoms. The quantitative estimate of drug-likeness (QED) is 0.724. The molecule has 0 aliphatic carbocycles. The Morgan fingerprint density at radius 1 is 1.45 bits per heavy atom. The summed E-state index contributed by atoms with van der Waals surface area (Å²) >= 11 is 16.3. The molecule has 0 radical (unpaired) electrons. The van der Waals surface area contributed by atoms with Crippen LogP contribution in [0, 0.1) is 0 Å². The number of amides is 1. The Hall–Kier alpha value is 0.340. The van der Waals surface area contributed by atoms with Gasteiger partial charge in [-0.05, 0) is 6.92 Å². The van der Waals surface area contributed by atoms with Gasteiger partial charge in [0.2, 0.25) is 5.91 Å². The molecule has 0 bridgehead atoms. The summed E-state index contributed by atoms with van der Waals surface area (Å²) in [4.78, 5) is 10.8. The second-order valence-corrected chi connectivity index (χ2v) is 4.58. The van der Waals surface area contributed by atoms with Crippen molar-refractivity contribution in [3.05, 3.63) is 0 Å². The SMILES string of the molecule is CCNC(=O)CCC(Cl)(Cl)Cl. The first-order valence-corrected chi connectivity index (χ1v) is 4.42. The maximum Gasteiger partial charge on any atom is 0.220 e. The van der Waals surface area contributed by atoms with Crippen LogP contribution < -0.4 is 5.32 Å². The van der Waals surface area contributed by atoms with E-state index in [2.05, 4.69) is 5.32 Å². The van der Waals surface area contributed by atoms with Crippen LogP contribution in [0.3, 0.4) is 0 Å². The second kappa shape index (κ2) is 5.07. The first kappa shape index (κ1) is 11.3. The summed E-state index contributed by atoms with van der Waals surface area (Å²) < 4.78 is -1.31. The lowest BCUT2D eigenvalue weighted by molar-refractivity contribution is -0.121. The minimum absolute atomic E-state index is 0.0844. The van der Waals surface area contributed by atoms with Gasteiger partial charge in [-0.1, -0.05) is 34.8 Å². The molecule has 0 aliphatic rings. The van der Waals surface area contributed by atoms with Crippen molar-refractivity contribution in [1.29, 1.82) is 0 Å². The van der Waals surface area contributed by atoms with Gasteiger partial charge < -0.3 is 5.32 Å². The number of alkyl halides is 3. The van der Waals surface area contributed by atoms with Gasteiger partial charge in [0, 0.05) is 19.4 Å². The largest absolute Gasteiger partial charge is 0.356 e. The molecule has 1 N–H and O–H groups in total. The van der Waals surface area contributed by atoms with E-state index in [1.807, 2.05) is 6.92 Å². The fourth-order valence-corrected chi connectivity index (χ4v) is 0.824. The predicted molar refractivity (Wildman–Crippen MR) is 48.2 cm³/mol. The molecule has 0 aromatic heterocycles. The molecule has 0 atom stereocenters. The first-order chi connectivity index (χ1) is 4.95. The number of halogens is 3. The van der Waals surface area contributed by atoms with Gasteiger partial charge in [0.25, 0.3) is 0 Å². The van der Waals surface area contributed by atoms with Crippen molar-refractivity contribution in [2.45, 2.75) is 23.6 Å². The van der Waals surface area contributed by atoms with Crippen molar-refractivity contribution in [3.8, 4) is 0 Å². The summed E-state index contributed by atoms with van der Waals surface area (Å²) in [5, 5.41) is 2.60. The third-order valence-corrected chi connectivity index (χ3v) is 1.58. The Morgan fingerprint density at radius 3 is 2.36 bits per heavy atom. The van der Waals surface area contributed by atoms with Crippen LogP contribution in [0.4, 0.5) is 0 Å². The van der Waals surface area contributed by atoms with Crippen LogP contribution in [0.1, 0.15) is 19.8 Å². The minimum atomic E-state index is -1.31. The van der Waals surface area contributed by atoms with E-state index < -0.39 is 3.79 Å². The number of hydrogen-bond donors (Lipinski definition) is 1. The predicted octanol–water partition coefficient (Wildman–Crippen LogP) is 2.27. The van der Waals surface area contributed by atoms with E-state index in [9.17, 15) is 4.79 Å². The van der Waals surface area contributed by atoms with Crippen molar-refractivity contribution < 1.29 is 4.79 Å². The van der Waals surface area contributed by atoms with Crippen LogP contribution in [0.5, 0.6) is 0 Å². The topological polar surface area (TPSA) is 29.1 Å². The van der Waals surface area contributed by atoms with Crippen molar-refractivity contribution >= 4 is 40.7 Å². The Kier molecular flexibility index (Phi) is 5.23. The molecule has 5 heteroatoms. The van der Waals surface area contributed by atoms with Crippen LogP contribution in [-0.4, -0.2) is 16.2 Å². The van der Waals surface area contributed by atoms with E-state index >= 15 is 0 Å². The zero-order valence-corrected chi connectivity index (χ0v) is 8.43. The minimum Gasteiger partial charge on any atom is -0.356 e. The molecule has 0 saturated heterocycles. The van der Waals surface area contributed by atoms with Crippen molar-refractivity contribution in [2.24, 2.45) is 0 Å². The third kappa shape index (κ3) is 8.24. The lowest BCUT2D eigenvalue weighted by atomic mass is 10.3. The third-order valence-electron chi connectivity index (χ3n) is 1.01. The molecule has 0 aromatic rings. The van der Waals surface area contributed by atoms with Gasteiger partial charge in [0.15, 0.2) is 3.79 Å². The molecule has 0 aromatic carbocycles. The molecule has 2 nitrogen and oxygen atoms in total. The average Bonchev–Trinajstić information content (AvgIpc) is 1.83. The van der Waals surface area contributed by atoms with Crippen molar-refractivity contribution in [2.75, 3.05) is 6.54 Å². The summed E-state index contributed by atoms with van der Waals surface area (Å²) in [7, 11) is 0. The van der Waals surface area contributed by atoms with Crippen LogP contribution in [0.15, 0.2) is 0 Å². The smallest absolute Gasteiger partial charge is 0.220 e. The van der Waals surface area contributed by atoms with Gasteiger partial charge in [-0.15, -0.1) is 0 Å². The number of nitrogens with one attached hydrogen (secondary N) is 1. The molecule has 0 saturated carbocycles. The van der Waals surface area contributed by atoms with Crippen LogP contribution >= 0.6 is 34.8 Å². The molecule has 0 unspecified atom stereocenters. The van der Waals surface area contributed by atoms with Crippen LogP contribution in [0.2, 0.25) is 0 Å². The maximum atomic E-state index is 10.8. The van der Waals surface area contributed by atoms with Gasteiger partial charge in [-0.2, -0.15) is 0 Å². The monoisotopic (exact) mass is 217 g/mol. The second-order valence-electron chi connectivity index (χ2n) is 2.07. The summed E-state index contributed by atoms with van der Waals surface area (Å²) in [5.74, 6) is -0.0844. The van der Waals surface area contributed by atoms with Crippen LogP contribution in [0.25, 0.3) is 0 Å². The molecular formula is C6H10Cl3NO. The molecule has 0 fully saturated rings. The number of carbonyl (C=O) groups excluding carboxylic acids is 1. The Labute approximate surface area is 81.2 Å². The Bertz CT molecular complexity index is 132. The highest BCUT2D eigenvalue weighted by Crippen LogP contribution is 2.30. The van der Waals surface area contributed by atoms with E-state index in [-0.39, 0.29) is 18.7 Å². The van der Waals surface area contributed by atoms with Gasteiger partial charge in [-0.3, -0.25) is 4.79 Å². The standard InChI is InChI=1S/C6H10Cl3NO/c1-2-10-5(11)3-4-6(7,8)9/h2-4H2,1H3,(H,10,11). The van der Waals surface area contributed by atoms with E-state index in [0.29, 0.717) is 6.54 Å². The molecule has 11 heavy (non-hydrogen) atoms. The van der Waals surface area contributed by atoms with E-state index in [1.54, 1.807) is 0 Å². The van der Waals surface area contributed by atoms with E-state index in [1.165, 1.54) is 0 Å². The lowest BCUT2D eigenvalue weighted by Crippen LogP contribution is -2.23. The van der Waals surface area contributed by atoms with E-state index in [0.717, 1.165) is 0 Å². The normalized spacial score (nSPS) is 11.3. The zero-order valence-electron chi connectivity index (χ0n) is 6.16. The van der Waals surface area contributed by atoms with E-state index in [4.69, 9.17) is 34.8 Å². The first-order valence-electron chi connectivity index (χ1n) is 3.29.